The summed E-state index contributed by atoms with van der Waals surface area (Å²) in [4.78, 5) is 0.158. The van der Waals surface area contributed by atoms with E-state index >= 15 is 0 Å². The Bertz CT molecular complexity index is 753. The fraction of sp³-hybridized carbons (Fsp3) is 0.357. The molecule has 0 radical (unpaired) electrons. The van der Waals surface area contributed by atoms with Gasteiger partial charge in [-0.25, -0.2) is 12.8 Å². The van der Waals surface area contributed by atoms with Gasteiger partial charge < -0.3 is 0 Å². The number of aromatic nitrogens is 2. The molecule has 0 bridgehead atoms. The van der Waals surface area contributed by atoms with E-state index in [2.05, 4.69) is 10.2 Å². The first kappa shape index (κ1) is 14.2. The van der Waals surface area contributed by atoms with Crippen LogP contribution in [-0.2, 0) is 16.6 Å². The fourth-order valence-electron chi connectivity index (χ4n) is 2.29. The lowest BCUT2D eigenvalue weighted by molar-refractivity contribution is 0.391. The SMILES string of the molecule is Cc1[nH]ncc1S(=O)(=O)N(Cc1ccccc1F)C1CC1. The maximum Gasteiger partial charge on any atom is 0.247 e. The molecule has 21 heavy (non-hydrogen) atoms. The topological polar surface area (TPSA) is 66.1 Å². The number of hydrogen-bond donors (Lipinski definition) is 1. The van der Waals surface area contributed by atoms with Crippen LogP contribution in [0, 0.1) is 12.7 Å². The van der Waals surface area contributed by atoms with Gasteiger partial charge in [-0.15, -0.1) is 0 Å². The molecule has 0 spiro atoms. The Kier molecular flexibility index (Phi) is 3.54. The highest BCUT2D eigenvalue weighted by Crippen LogP contribution is 2.34. The highest BCUT2D eigenvalue weighted by atomic mass is 32.2. The van der Waals surface area contributed by atoms with Gasteiger partial charge >= 0.3 is 0 Å². The van der Waals surface area contributed by atoms with E-state index in [-0.39, 0.29) is 23.3 Å². The van der Waals surface area contributed by atoms with Crippen LogP contribution < -0.4 is 0 Å². The molecule has 1 saturated carbocycles. The van der Waals surface area contributed by atoms with E-state index in [0.717, 1.165) is 12.8 Å². The molecule has 112 valence electrons. The van der Waals surface area contributed by atoms with E-state index in [1.807, 2.05) is 0 Å². The van der Waals surface area contributed by atoms with Crippen LogP contribution in [0.15, 0.2) is 35.4 Å². The van der Waals surface area contributed by atoms with Gasteiger partial charge in [-0.2, -0.15) is 9.40 Å². The summed E-state index contributed by atoms with van der Waals surface area (Å²) in [5.74, 6) is -0.387. The van der Waals surface area contributed by atoms with Crippen molar-refractivity contribution in [1.29, 1.82) is 0 Å². The third-order valence-electron chi connectivity index (χ3n) is 3.61. The van der Waals surface area contributed by atoms with E-state index in [1.165, 1.54) is 16.6 Å². The summed E-state index contributed by atoms with van der Waals surface area (Å²) in [6, 6.07) is 6.20. The summed E-state index contributed by atoms with van der Waals surface area (Å²) in [6.07, 6.45) is 2.93. The number of hydrogen-bond acceptors (Lipinski definition) is 3. The molecule has 3 rings (SSSR count). The third-order valence-corrected chi connectivity index (χ3v) is 5.62. The first-order valence-corrected chi connectivity index (χ1v) is 8.19. The van der Waals surface area contributed by atoms with Crippen LogP contribution in [0.3, 0.4) is 0 Å². The Morgan fingerprint density at radius 2 is 2.10 bits per heavy atom. The molecule has 5 nitrogen and oxygen atoms in total. The molecule has 1 aromatic heterocycles. The van der Waals surface area contributed by atoms with Crippen molar-refractivity contribution in [3.05, 3.63) is 47.5 Å². The van der Waals surface area contributed by atoms with Crippen LogP contribution >= 0.6 is 0 Å². The molecule has 0 atom stereocenters. The first-order chi connectivity index (χ1) is 10.00. The van der Waals surface area contributed by atoms with E-state index < -0.39 is 10.0 Å². The molecule has 1 aliphatic rings. The number of halogens is 1. The van der Waals surface area contributed by atoms with E-state index in [4.69, 9.17) is 0 Å². The number of H-pyrrole nitrogens is 1. The smallest absolute Gasteiger partial charge is 0.247 e. The maximum absolute atomic E-state index is 13.8. The van der Waals surface area contributed by atoms with Gasteiger partial charge in [0.15, 0.2) is 0 Å². The van der Waals surface area contributed by atoms with Gasteiger partial charge in [0.05, 0.1) is 11.9 Å². The minimum atomic E-state index is -3.67. The van der Waals surface area contributed by atoms with Gasteiger partial charge in [-0.3, -0.25) is 5.10 Å². The predicted octanol–water partition coefficient (Wildman–Crippen LogP) is 2.21. The minimum absolute atomic E-state index is 0.0459. The Labute approximate surface area is 122 Å². The molecule has 1 aliphatic carbocycles. The Balaban J connectivity index is 1.96. The van der Waals surface area contributed by atoms with Crippen molar-refractivity contribution in [3.63, 3.8) is 0 Å². The molecular formula is C14H16FN3O2S. The maximum atomic E-state index is 13.8. The standard InChI is InChI=1S/C14H16FN3O2S/c1-10-14(8-16-17-10)21(19,20)18(12-6-7-12)9-11-4-2-3-5-13(11)15/h2-5,8,12H,6-7,9H2,1H3,(H,16,17). The monoisotopic (exact) mass is 309 g/mol. The molecule has 0 saturated heterocycles. The fourth-order valence-corrected chi connectivity index (χ4v) is 4.08. The van der Waals surface area contributed by atoms with Crippen molar-refractivity contribution < 1.29 is 12.8 Å². The molecule has 7 heteroatoms. The minimum Gasteiger partial charge on any atom is -0.281 e. The van der Waals surface area contributed by atoms with Gasteiger partial charge in [0, 0.05) is 18.2 Å². The van der Waals surface area contributed by atoms with Crippen LogP contribution in [0.4, 0.5) is 4.39 Å². The number of nitrogens with zero attached hydrogens (tertiary/aromatic N) is 2. The zero-order chi connectivity index (χ0) is 15.0. The second kappa shape index (κ2) is 5.23. The second-order valence-corrected chi connectivity index (χ2v) is 7.09. The van der Waals surface area contributed by atoms with Crippen molar-refractivity contribution >= 4 is 10.0 Å². The van der Waals surface area contributed by atoms with E-state index in [0.29, 0.717) is 11.3 Å². The van der Waals surface area contributed by atoms with Gasteiger partial charge in [0.2, 0.25) is 10.0 Å². The quantitative estimate of drug-likeness (QED) is 0.921. The zero-order valence-electron chi connectivity index (χ0n) is 11.6. The Morgan fingerprint density at radius 1 is 1.38 bits per heavy atom. The molecule has 1 aromatic carbocycles. The van der Waals surface area contributed by atoms with Crippen LogP contribution in [0.25, 0.3) is 0 Å². The zero-order valence-corrected chi connectivity index (χ0v) is 12.4. The highest BCUT2D eigenvalue weighted by Gasteiger charge is 2.39. The van der Waals surface area contributed by atoms with Crippen LogP contribution in [0.1, 0.15) is 24.1 Å². The normalized spacial score (nSPS) is 15.6. The number of nitrogens with one attached hydrogen (secondary N) is 1. The first-order valence-electron chi connectivity index (χ1n) is 6.75. The number of sulfonamides is 1. The molecule has 0 aliphatic heterocycles. The van der Waals surface area contributed by atoms with Crippen LogP contribution in [-0.4, -0.2) is 29.0 Å². The van der Waals surface area contributed by atoms with Crippen molar-refractivity contribution in [3.8, 4) is 0 Å². The second-order valence-electron chi connectivity index (χ2n) is 5.23. The predicted molar refractivity (Wildman–Crippen MR) is 75.5 cm³/mol. The summed E-state index contributed by atoms with van der Waals surface area (Å²) >= 11 is 0. The summed E-state index contributed by atoms with van der Waals surface area (Å²) in [5, 5.41) is 6.40. The Hall–Kier alpha value is -1.73. The van der Waals surface area contributed by atoms with Crippen molar-refractivity contribution in [2.24, 2.45) is 0 Å². The van der Waals surface area contributed by atoms with E-state index in [1.54, 1.807) is 25.1 Å². The van der Waals surface area contributed by atoms with Crippen molar-refractivity contribution in [2.75, 3.05) is 0 Å². The van der Waals surface area contributed by atoms with Gasteiger partial charge in [0.25, 0.3) is 0 Å². The lowest BCUT2D eigenvalue weighted by Crippen LogP contribution is -2.33. The molecule has 2 aromatic rings. The van der Waals surface area contributed by atoms with E-state index in [9.17, 15) is 12.8 Å². The number of aryl methyl sites for hydroxylation is 1. The molecule has 0 amide bonds. The molecule has 1 fully saturated rings. The Morgan fingerprint density at radius 3 is 2.67 bits per heavy atom. The van der Waals surface area contributed by atoms with Gasteiger partial charge in [0.1, 0.15) is 10.7 Å². The third kappa shape index (κ3) is 2.71. The summed E-state index contributed by atoms with van der Waals surface area (Å²) in [6.45, 7) is 1.71. The van der Waals surface area contributed by atoms with Gasteiger partial charge in [-0.1, -0.05) is 18.2 Å². The molecule has 0 unspecified atom stereocenters. The molecule has 1 N–H and O–H groups in total. The highest BCUT2D eigenvalue weighted by molar-refractivity contribution is 7.89. The molecular weight excluding hydrogens is 293 g/mol. The van der Waals surface area contributed by atoms with Crippen LogP contribution in [0.2, 0.25) is 0 Å². The number of aromatic amines is 1. The molecule has 1 heterocycles. The number of rotatable bonds is 5. The lowest BCUT2D eigenvalue weighted by Gasteiger charge is -2.21. The van der Waals surface area contributed by atoms with Crippen molar-refractivity contribution in [1.82, 2.24) is 14.5 Å². The largest absolute Gasteiger partial charge is 0.281 e. The summed E-state index contributed by atoms with van der Waals surface area (Å²) in [7, 11) is -3.67. The lowest BCUT2D eigenvalue weighted by atomic mass is 10.2. The summed E-state index contributed by atoms with van der Waals surface area (Å²) < 4.78 is 40.7. The number of benzene rings is 1. The summed E-state index contributed by atoms with van der Waals surface area (Å²) in [5.41, 5.74) is 0.878. The van der Waals surface area contributed by atoms with Crippen molar-refractivity contribution in [2.45, 2.75) is 37.2 Å². The van der Waals surface area contributed by atoms with Gasteiger partial charge in [-0.05, 0) is 25.8 Å². The van der Waals surface area contributed by atoms with Crippen LogP contribution in [0.5, 0.6) is 0 Å². The average Bonchev–Trinajstić information content (AvgIpc) is 3.18. The average molecular weight is 309 g/mol.